The molecule has 28 heavy (non-hydrogen) atoms. The molecule has 0 unspecified atom stereocenters. The smallest absolute Gasteiger partial charge is 0.146 e. The summed E-state index contributed by atoms with van der Waals surface area (Å²) in [4.78, 5) is 17.4. The second-order valence-corrected chi connectivity index (χ2v) is 9.60. The van der Waals surface area contributed by atoms with Crippen LogP contribution < -0.4 is 4.90 Å². The number of aliphatic hydroxyl groups is 1. The molecule has 6 nitrogen and oxygen atoms in total. The molecule has 0 aromatic carbocycles. The standard InChI is InChI=1S/C21H32N4O2S/c1-15-16(2)28-20-18(15)19(25-8-4-6-21(25,3)7-5-11-26)22-17(23-20)14-24-9-12-27-13-10-24/h26H,4-14H2,1-3H3/t21-/m1/s1. The fourth-order valence-electron chi connectivity index (χ4n) is 4.60. The Labute approximate surface area is 171 Å². The van der Waals surface area contributed by atoms with Crippen molar-refractivity contribution < 1.29 is 9.84 Å². The van der Waals surface area contributed by atoms with Crippen LogP contribution >= 0.6 is 11.3 Å². The summed E-state index contributed by atoms with van der Waals surface area (Å²) in [6, 6.07) is 0. The zero-order chi connectivity index (χ0) is 19.7. The van der Waals surface area contributed by atoms with E-state index in [9.17, 15) is 5.11 Å². The molecule has 0 saturated carbocycles. The number of hydrogen-bond acceptors (Lipinski definition) is 7. The van der Waals surface area contributed by atoms with E-state index in [2.05, 4.69) is 30.6 Å². The summed E-state index contributed by atoms with van der Waals surface area (Å²) in [5, 5.41) is 10.6. The number of hydrogen-bond donors (Lipinski definition) is 1. The van der Waals surface area contributed by atoms with Gasteiger partial charge >= 0.3 is 0 Å². The summed E-state index contributed by atoms with van der Waals surface area (Å²) in [7, 11) is 0. The maximum absolute atomic E-state index is 9.39. The van der Waals surface area contributed by atoms with Crippen LogP contribution in [0.25, 0.3) is 10.2 Å². The van der Waals surface area contributed by atoms with E-state index in [1.54, 1.807) is 11.3 Å². The minimum atomic E-state index is 0.0581. The number of morpholine rings is 1. The molecule has 2 aliphatic heterocycles. The molecule has 1 atom stereocenters. The van der Waals surface area contributed by atoms with Crippen LogP contribution in [0.15, 0.2) is 0 Å². The van der Waals surface area contributed by atoms with E-state index >= 15 is 0 Å². The Bertz CT molecular complexity index is 833. The molecule has 7 heteroatoms. The molecule has 2 aliphatic rings. The highest BCUT2D eigenvalue weighted by atomic mass is 32.1. The minimum Gasteiger partial charge on any atom is -0.396 e. The zero-order valence-electron chi connectivity index (χ0n) is 17.3. The molecular formula is C21H32N4O2S. The highest BCUT2D eigenvalue weighted by Crippen LogP contribution is 2.42. The summed E-state index contributed by atoms with van der Waals surface area (Å²) in [5.74, 6) is 2.02. The lowest BCUT2D eigenvalue weighted by Gasteiger charge is -2.37. The van der Waals surface area contributed by atoms with Crippen molar-refractivity contribution in [3.05, 3.63) is 16.3 Å². The number of fused-ring (bicyclic) bond motifs is 1. The van der Waals surface area contributed by atoms with E-state index in [1.165, 1.54) is 22.2 Å². The van der Waals surface area contributed by atoms with E-state index in [4.69, 9.17) is 14.7 Å². The van der Waals surface area contributed by atoms with Gasteiger partial charge in [0.1, 0.15) is 16.5 Å². The second-order valence-electron chi connectivity index (χ2n) is 8.39. The number of rotatable bonds is 6. The summed E-state index contributed by atoms with van der Waals surface area (Å²) in [5.41, 5.74) is 1.37. The average molecular weight is 405 g/mol. The van der Waals surface area contributed by atoms with E-state index in [0.29, 0.717) is 0 Å². The molecule has 0 radical (unpaired) electrons. The number of aromatic nitrogens is 2. The molecule has 1 N–H and O–H groups in total. The molecule has 2 saturated heterocycles. The third-order valence-electron chi connectivity index (χ3n) is 6.40. The Morgan fingerprint density at radius 2 is 1.96 bits per heavy atom. The Balaban J connectivity index is 1.74. The molecule has 4 rings (SSSR count). The van der Waals surface area contributed by atoms with Crippen molar-refractivity contribution in [1.29, 1.82) is 0 Å². The normalized spacial score (nSPS) is 23.8. The Kier molecular flexibility index (Phi) is 5.88. The van der Waals surface area contributed by atoms with Gasteiger partial charge in [0, 0.05) is 36.7 Å². The summed E-state index contributed by atoms with van der Waals surface area (Å²) < 4.78 is 5.49. The molecule has 0 aliphatic carbocycles. The molecular weight excluding hydrogens is 372 g/mol. The molecule has 2 aromatic heterocycles. The topological polar surface area (TPSA) is 61.7 Å². The number of aryl methyl sites for hydroxylation is 2. The lowest BCUT2D eigenvalue weighted by atomic mass is 9.92. The molecule has 0 bridgehead atoms. The Morgan fingerprint density at radius 3 is 2.71 bits per heavy atom. The van der Waals surface area contributed by atoms with Crippen LogP contribution in [0.5, 0.6) is 0 Å². The number of ether oxygens (including phenoxy) is 1. The van der Waals surface area contributed by atoms with Gasteiger partial charge in [0.15, 0.2) is 0 Å². The van der Waals surface area contributed by atoms with Gasteiger partial charge in [0.2, 0.25) is 0 Å². The number of anilines is 1. The van der Waals surface area contributed by atoms with Crippen LogP contribution in [0.4, 0.5) is 5.82 Å². The van der Waals surface area contributed by atoms with E-state index < -0.39 is 0 Å². The first-order valence-corrected chi connectivity index (χ1v) is 11.3. The fourth-order valence-corrected chi connectivity index (χ4v) is 5.64. The van der Waals surface area contributed by atoms with Crippen LogP contribution in [0.2, 0.25) is 0 Å². The predicted octanol–water partition coefficient (Wildman–Crippen LogP) is 3.27. The zero-order valence-corrected chi connectivity index (χ0v) is 18.1. The first-order chi connectivity index (χ1) is 13.5. The molecule has 2 aromatic rings. The van der Waals surface area contributed by atoms with Gasteiger partial charge in [0.25, 0.3) is 0 Å². The van der Waals surface area contributed by atoms with Crippen LogP contribution in [0, 0.1) is 13.8 Å². The van der Waals surface area contributed by atoms with E-state index in [0.717, 1.165) is 75.1 Å². The van der Waals surface area contributed by atoms with Gasteiger partial charge in [-0.1, -0.05) is 0 Å². The molecule has 0 amide bonds. The molecule has 2 fully saturated rings. The Hall–Kier alpha value is -1.28. The number of aliphatic hydroxyl groups excluding tert-OH is 1. The first kappa shape index (κ1) is 20.0. The van der Waals surface area contributed by atoms with Gasteiger partial charge in [0.05, 0.1) is 25.1 Å². The van der Waals surface area contributed by atoms with Gasteiger partial charge in [-0.3, -0.25) is 4.90 Å². The largest absolute Gasteiger partial charge is 0.396 e. The second kappa shape index (κ2) is 8.22. The van der Waals surface area contributed by atoms with Crippen LogP contribution in [-0.2, 0) is 11.3 Å². The van der Waals surface area contributed by atoms with Gasteiger partial charge in [-0.05, 0) is 52.0 Å². The van der Waals surface area contributed by atoms with Crippen LogP contribution in [0.1, 0.15) is 48.9 Å². The fraction of sp³-hybridized carbons (Fsp3) is 0.714. The van der Waals surface area contributed by atoms with Gasteiger partial charge < -0.3 is 14.7 Å². The van der Waals surface area contributed by atoms with E-state index in [1.807, 2.05) is 0 Å². The molecule has 0 spiro atoms. The summed E-state index contributed by atoms with van der Waals surface area (Å²) >= 11 is 1.78. The Morgan fingerprint density at radius 1 is 1.18 bits per heavy atom. The molecule has 4 heterocycles. The van der Waals surface area contributed by atoms with Crippen molar-refractivity contribution in [2.45, 2.75) is 58.5 Å². The third-order valence-corrected chi connectivity index (χ3v) is 7.50. The minimum absolute atomic E-state index is 0.0581. The lowest BCUT2D eigenvalue weighted by molar-refractivity contribution is 0.0331. The van der Waals surface area contributed by atoms with Crippen LogP contribution in [-0.4, -0.2) is 65.0 Å². The maximum atomic E-state index is 9.39. The van der Waals surface area contributed by atoms with Crippen LogP contribution in [0.3, 0.4) is 0 Å². The lowest BCUT2D eigenvalue weighted by Crippen LogP contribution is -2.42. The quantitative estimate of drug-likeness (QED) is 0.797. The first-order valence-electron chi connectivity index (χ1n) is 10.5. The van der Waals surface area contributed by atoms with Crippen molar-refractivity contribution in [3.8, 4) is 0 Å². The monoisotopic (exact) mass is 404 g/mol. The average Bonchev–Trinajstić information content (AvgIpc) is 3.20. The van der Waals surface area contributed by atoms with Gasteiger partial charge in [-0.15, -0.1) is 11.3 Å². The predicted molar refractivity (Wildman–Crippen MR) is 114 cm³/mol. The number of nitrogens with zero attached hydrogens (tertiary/aromatic N) is 4. The highest BCUT2D eigenvalue weighted by molar-refractivity contribution is 7.18. The van der Waals surface area contributed by atoms with Gasteiger partial charge in [-0.2, -0.15) is 0 Å². The third kappa shape index (κ3) is 3.77. The van der Waals surface area contributed by atoms with Crippen molar-refractivity contribution in [3.63, 3.8) is 0 Å². The molecule has 154 valence electrons. The van der Waals surface area contributed by atoms with E-state index in [-0.39, 0.29) is 12.1 Å². The SMILES string of the molecule is Cc1sc2nc(CN3CCOCC3)nc(N3CCC[C@]3(C)CCCO)c2c1C. The summed E-state index contributed by atoms with van der Waals surface area (Å²) in [6.07, 6.45) is 4.16. The highest BCUT2D eigenvalue weighted by Gasteiger charge is 2.38. The summed E-state index contributed by atoms with van der Waals surface area (Å²) in [6.45, 7) is 12.2. The van der Waals surface area contributed by atoms with Gasteiger partial charge in [-0.25, -0.2) is 9.97 Å². The van der Waals surface area contributed by atoms with Crippen molar-refractivity contribution in [2.24, 2.45) is 0 Å². The van der Waals surface area contributed by atoms with Crippen molar-refractivity contribution >= 4 is 27.4 Å². The van der Waals surface area contributed by atoms with Crippen molar-refractivity contribution in [2.75, 3.05) is 44.4 Å². The van der Waals surface area contributed by atoms with Crippen molar-refractivity contribution in [1.82, 2.24) is 14.9 Å². The number of thiophene rings is 1. The maximum Gasteiger partial charge on any atom is 0.146 e.